The van der Waals surface area contributed by atoms with E-state index in [1.807, 2.05) is 60.5 Å². The van der Waals surface area contributed by atoms with Crippen molar-refractivity contribution in [1.82, 2.24) is 24.5 Å². The Balaban J connectivity index is 0.963. The number of nitrogens with one attached hydrogen (secondary N) is 3. The van der Waals surface area contributed by atoms with Crippen molar-refractivity contribution in [3.63, 3.8) is 0 Å². The van der Waals surface area contributed by atoms with E-state index in [1.54, 1.807) is 30.6 Å². The van der Waals surface area contributed by atoms with E-state index in [0.717, 1.165) is 81.8 Å². The molecule has 16 heteroatoms. The van der Waals surface area contributed by atoms with Gasteiger partial charge in [-0.15, -0.1) is 9.63 Å². The van der Waals surface area contributed by atoms with Gasteiger partial charge in [0.2, 0.25) is 10.8 Å². The zero-order chi connectivity index (χ0) is 40.9. The summed E-state index contributed by atoms with van der Waals surface area (Å²) in [4.78, 5) is 53.0. The molecule has 0 spiro atoms. The number of amides is 2. The maximum absolute atomic E-state index is 13.9. The molecular weight excluding hydrogens is 792 g/mol. The number of H-pyrrole nitrogens is 1. The van der Waals surface area contributed by atoms with E-state index in [9.17, 15) is 19.0 Å². The van der Waals surface area contributed by atoms with Gasteiger partial charge in [-0.05, 0) is 84.3 Å². The van der Waals surface area contributed by atoms with Crippen LogP contribution in [0.15, 0.2) is 95.3 Å². The van der Waals surface area contributed by atoms with Gasteiger partial charge >= 0.3 is 11.4 Å². The minimum absolute atomic E-state index is 0.0173. The molecule has 0 saturated carbocycles. The molecule has 8 rings (SSSR count). The lowest BCUT2D eigenvalue weighted by Crippen LogP contribution is -2.50. The first-order valence-electron chi connectivity index (χ1n) is 20.0. The molecule has 0 radical (unpaired) electrons. The Bertz CT molecular complexity index is 2280. The first kappa shape index (κ1) is 40.6. The van der Waals surface area contributed by atoms with Crippen LogP contribution in [0.3, 0.4) is 0 Å². The Morgan fingerprint density at radius 2 is 1.83 bits per heavy atom. The van der Waals surface area contributed by atoms with E-state index in [4.69, 9.17) is 21.1 Å². The molecule has 2 unspecified atom stereocenters. The molecule has 0 bridgehead atoms. The number of aromatic nitrogens is 2. The van der Waals surface area contributed by atoms with Crippen LogP contribution in [0.5, 0.6) is 11.5 Å². The molecule has 3 aliphatic heterocycles. The average molecular weight is 840 g/mol. The summed E-state index contributed by atoms with van der Waals surface area (Å²) >= 11 is 4.44. The minimum Gasteiger partial charge on any atom is -0.455 e. The number of piperidine rings is 1. The highest BCUT2D eigenvalue weighted by Crippen LogP contribution is 2.38. The number of benzene rings is 3. The summed E-state index contributed by atoms with van der Waals surface area (Å²) in [5, 5.41) is 8.03. The predicted octanol–water partition coefficient (Wildman–Crippen LogP) is 7.77. The normalized spacial score (nSPS) is 19.7. The van der Waals surface area contributed by atoms with Crippen LogP contribution in [0, 0.1) is 16.7 Å². The molecular formula is C43H48ClN8O6S+. The smallest absolute Gasteiger partial charge is 0.306 e. The first-order valence-corrected chi connectivity index (χ1v) is 21.5. The highest BCUT2D eigenvalue weighted by Gasteiger charge is 2.36. The Labute approximate surface area is 350 Å². The second kappa shape index (κ2) is 18.4. The number of fused-ring (bicyclic) bond motifs is 1. The number of hydrogen-bond acceptors (Lipinski definition) is 11. The molecule has 5 heterocycles. The molecule has 59 heavy (non-hydrogen) atoms. The van der Waals surface area contributed by atoms with E-state index in [0.29, 0.717) is 51.6 Å². The van der Waals surface area contributed by atoms with Crippen molar-refractivity contribution in [1.29, 1.82) is 0 Å². The number of halogens is 1. The molecule has 308 valence electrons. The van der Waals surface area contributed by atoms with Crippen LogP contribution >= 0.6 is 11.6 Å². The summed E-state index contributed by atoms with van der Waals surface area (Å²) in [6.07, 6.45) is 6.65. The predicted molar refractivity (Wildman–Crippen MR) is 231 cm³/mol. The van der Waals surface area contributed by atoms with Gasteiger partial charge in [0.25, 0.3) is 5.91 Å². The molecule has 3 aromatic carbocycles. The van der Waals surface area contributed by atoms with E-state index < -0.39 is 17.3 Å². The topological polar surface area (TPSA) is 165 Å². The van der Waals surface area contributed by atoms with Gasteiger partial charge in [-0.3, -0.25) is 14.5 Å². The molecule has 2 amide bonds. The second-order valence-electron chi connectivity index (χ2n) is 15.4. The van der Waals surface area contributed by atoms with Crippen molar-refractivity contribution >= 4 is 62.9 Å². The van der Waals surface area contributed by atoms with E-state index >= 15 is 0 Å². The Morgan fingerprint density at radius 3 is 2.61 bits per heavy atom. The summed E-state index contributed by atoms with van der Waals surface area (Å²) in [5.74, 6) is 1.08. The van der Waals surface area contributed by atoms with E-state index in [-0.39, 0.29) is 29.1 Å². The molecule has 5 aromatic rings. The van der Waals surface area contributed by atoms with Crippen molar-refractivity contribution in [2.24, 2.45) is 17.0 Å². The molecule has 3 fully saturated rings. The number of rotatable bonds is 13. The van der Waals surface area contributed by atoms with Gasteiger partial charge in [0, 0.05) is 106 Å². The quantitative estimate of drug-likeness (QED) is 0.0680. The fraction of sp³-hybridized carbons (Fsp3) is 0.372. The Kier molecular flexibility index (Phi) is 12.6. The number of carbonyl (C=O) groups excluding carboxylic acids is 2. The molecule has 3 saturated heterocycles. The number of anilines is 2. The highest BCUT2D eigenvalue weighted by molar-refractivity contribution is 7.90. The van der Waals surface area contributed by atoms with E-state index in [1.165, 1.54) is 6.07 Å². The fourth-order valence-electron chi connectivity index (χ4n) is 8.33. The summed E-state index contributed by atoms with van der Waals surface area (Å²) in [5.41, 5.74) is 3.64. The van der Waals surface area contributed by atoms with Crippen molar-refractivity contribution in [2.75, 3.05) is 69.7 Å². The van der Waals surface area contributed by atoms with Crippen LogP contribution in [0.1, 0.15) is 47.6 Å². The monoisotopic (exact) mass is 839 g/mol. The third kappa shape index (κ3) is 9.50. The molecule has 4 N–H and O–H groups in total. The third-order valence-corrected chi connectivity index (χ3v) is 13.0. The van der Waals surface area contributed by atoms with Gasteiger partial charge in [-0.1, -0.05) is 23.7 Å². The van der Waals surface area contributed by atoms with Crippen molar-refractivity contribution < 1.29 is 23.6 Å². The van der Waals surface area contributed by atoms with Crippen LogP contribution in [-0.4, -0.2) is 95.7 Å². The van der Waals surface area contributed by atoms with Gasteiger partial charge in [0.15, 0.2) is 0 Å². The first-order chi connectivity index (χ1) is 28.7. The SMILES string of the molecule is CN1C(=O)CCC(CN2CCN(c3ccc(C(=O)N[S+](O)c4ccc(NCC5CCOCC5)c(N=O)c4)c(Oc4cnc5[nH]ccc5c4)c3)CC2)[C@H]1c1ccc(Cl)cc1. The van der Waals surface area contributed by atoms with Crippen molar-refractivity contribution in [3.8, 4) is 11.5 Å². The number of nitrogens with zero attached hydrogens (tertiary/aromatic N) is 5. The molecule has 3 aliphatic rings. The number of carbonyl (C=O) groups is 2. The number of piperazine rings is 1. The van der Waals surface area contributed by atoms with Crippen LogP contribution < -0.4 is 19.7 Å². The van der Waals surface area contributed by atoms with Gasteiger partial charge < -0.3 is 29.6 Å². The number of pyridine rings is 1. The van der Waals surface area contributed by atoms with Crippen molar-refractivity contribution in [3.05, 3.63) is 106 Å². The number of ether oxygens (including phenoxy) is 2. The lowest BCUT2D eigenvalue weighted by Gasteiger charge is -2.43. The third-order valence-electron chi connectivity index (χ3n) is 11.6. The van der Waals surface area contributed by atoms with Crippen LogP contribution in [0.25, 0.3) is 11.0 Å². The number of nitroso groups, excluding NO2 is 1. The minimum atomic E-state index is -1.76. The zero-order valence-electron chi connectivity index (χ0n) is 32.8. The van der Waals surface area contributed by atoms with Crippen molar-refractivity contribution in [2.45, 2.75) is 36.6 Å². The van der Waals surface area contributed by atoms with Crippen LogP contribution in [0.2, 0.25) is 5.02 Å². The van der Waals surface area contributed by atoms with Crippen LogP contribution in [-0.2, 0) is 20.9 Å². The van der Waals surface area contributed by atoms with Gasteiger partial charge in [-0.2, -0.15) is 4.55 Å². The Morgan fingerprint density at radius 1 is 1.03 bits per heavy atom. The largest absolute Gasteiger partial charge is 0.455 e. The molecule has 0 aliphatic carbocycles. The average Bonchev–Trinajstić information content (AvgIpc) is 3.73. The number of hydrogen-bond donors (Lipinski definition) is 4. The summed E-state index contributed by atoms with van der Waals surface area (Å²) in [6, 6.07) is 21.9. The van der Waals surface area contributed by atoms with E-state index in [2.05, 4.69) is 35.0 Å². The van der Waals surface area contributed by atoms with Crippen LogP contribution in [0.4, 0.5) is 17.1 Å². The standard InChI is InChI=1S/C43H47ClN8O6S/c1-50-40(53)11-4-31(41(50)29-2-5-32(44)6-3-29)27-51-16-18-52(19-17-51)33-7-9-36(39(23-33)58-34-22-30-12-15-45-42(30)47-26-34)43(54)49-59(56)35-8-10-37(38(24-35)48-55)46-25-28-13-20-57-21-14-28/h2-3,5-10,12,15,22-24,26,28,31,41,56H,4,11,13-14,16-21,25,27H2,1H3,(H2-,45,46,47,49,54,55)/p+1/t31?,41-,59?/m1/s1. The lowest BCUT2D eigenvalue weighted by molar-refractivity contribution is -0.137. The Hall–Kier alpha value is -5.19. The fourth-order valence-corrected chi connectivity index (χ4v) is 9.28. The maximum atomic E-state index is 13.9. The summed E-state index contributed by atoms with van der Waals surface area (Å²) in [6.45, 7) is 6.14. The molecule has 14 nitrogen and oxygen atoms in total. The molecule has 3 atom stereocenters. The number of likely N-dealkylation sites (tertiary alicyclic amines) is 1. The number of aromatic amines is 1. The zero-order valence-corrected chi connectivity index (χ0v) is 34.4. The summed E-state index contributed by atoms with van der Waals surface area (Å²) in [7, 11) is 1.90. The highest BCUT2D eigenvalue weighted by atomic mass is 35.5. The van der Waals surface area contributed by atoms with Gasteiger partial charge in [0.05, 0.1) is 23.5 Å². The van der Waals surface area contributed by atoms with Gasteiger partial charge in [0.1, 0.15) is 22.8 Å². The maximum Gasteiger partial charge on any atom is 0.306 e. The second-order valence-corrected chi connectivity index (χ2v) is 17.1. The summed E-state index contributed by atoms with van der Waals surface area (Å²) < 4.78 is 25.8. The lowest BCUT2D eigenvalue weighted by atomic mass is 9.84. The molecule has 2 aromatic heterocycles. The van der Waals surface area contributed by atoms with Gasteiger partial charge in [-0.25, -0.2) is 4.98 Å².